The normalized spacial score (nSPS) is 19.8. The molecule has 1 fully saturated rings. The van der Waals surface area contributed by atoms with Gasteiger partial charge in [0, 0.05) is 19.0 Å². The second kappa shape index (κ2) is 9.23. The number of nitrogens with zero attached hydrogens (tertiary/aromatic N) is 1. The highest BCUT2D eigenvalue weighted by molar-refractivity contribution is 5.27. The molecular formula is C26H28FNO. The maximum absolute atomic E-state index is 13.4. The Morgan fingerprint density at radius 3 is 2.38 bits per heavy atom. The van der Waals surface area contributed by atoms with E-state index in [9.17, 15) is 4.39 Å². The van der Waals surface area contributed by atoms with E-state index in [-0.39, 0.29) is 5.82 Å². The Labute approximate surface area is 172 Å². The standard InChI is InChI=1S/C26H28FNO/c1-20-7-13-25(14-8-20)29-19-23-18-28(17-21-5-3-2-4-6-21)16-15-26(23)22-9-11-24(27)12-10-22/h2-14,23,26H,15-19H2,1H3/t23-,26-/m1/s1. The highest BCUT2D eigenvalue weighted by atomic mass is 19.1. The molecule has 0 bridgehead atoms. The fourth-order valence-corrected chi connectivity index (χ4v) is 4.25. The third kappa shape index (κ3) is 5.24. The Hall–Kier alpha value is -2.65. The number of halogens is 1. The summed E-state index contributed by atoms with van der Waals surface area (Å²) in [6.45, 7) is 5.71. The number of piperidine rings is 1. The second-order valence-electron chi connectivity index (χ2n) is 8.05. The van der Waals surface area contributed by atoms with E-state index in [1.807, 2.05) is 24.3 Å². The van der Waals surface area contributed by atoms with Crippen LogP contribution >= 0.6 is 0 Å². The van der Waals surface area contributed by atoms with Crippen molar-refractivity contribution in [1.82, 2.24) is 4.90 Å². The Morgan fingerprint density at radius 1 is 0.931 bits per heavy atom. The van der Waals surface area contributed by atoms with Gasteiger partial charge in [-0.3, -0.25) is 4.90 Å². The minimum atomic E-state index is -0.178. The van der Waals surface area contributed by atoms with Crippen LogP contribution in [0.25, 0.3) is 0 Å². The maximum atomic E-state index is 13.4. The molecule has 0 N–H and O–H groups in total. The topological polar surface area (TPSA) is 12.5 Å². The first-order valence-electron chi connectivity index (χ1n) is 10.4. The molecule has 3 aromatic carbocycles. The average Bonchev–Trinajstić information content (AvgIpc) is 2.75. The number of likely N-dealkylation sites (tertiary alicyclic amines) is 1. The lowest BCUT2D eigenvalue weighted by Crippen LogP contribution is -2.41. The zero-order valence-electron chi connectivity index (χ0n) is 16.9. The van der Waals surface area contributed by atoms with Crippen LogP contribution in [0.5, 0.6) is 5.75 Å². The van der Waals surface area contributed by atoms with E-state index in [1.165, 1.54) is 16.7 Å². The molecular weight excluding hydrogens is 361 g/mol. The Balaban J connectivity index is 1.48. The van der Waals surface area contributed by atoms with Gasteiger partial charge in [-0.2, -0.15) is 0 Å². The third-order valence-electron chi connectivity index (χ3n) is 5.85. The van der Waals surface area contributed by atoms with E-state index in [0.717, 1.165) is 31.8 Å². The van der Waals surface area contributed by atoms with Gasteiger partial charge in [-0.15, -0.1) is 0 Å². The highest BCUT2D eigenvalue weighted by Gasteiger charge is 2.31. The molecule has 4 rings (SSSR count). The summed E-state index contributed by atoms with van der Waals surface area (Å²) in [5, 5.41) is 0. The predicted octanol–water partition coefficient (Wildman–Crippen LogP) is 5.82. The average molecular weight is 390 g/mol. The molecule has 3 aromatic rings. The summed E-state index contributed by atoms with van der Waals surface area (Å²) in [4.78, 5) is 2.51. The number of hydrogen-bond acceptors (Lipinski definition) is 2. The number of benzene rings is 3. The minimum absolute atomic E-state index is 0.178. The molecule has 0 aliphatic carbocycles. The van der Waals surface area contributed by atoms with E-state index in [4.69, 9.17) is 4.74 Å². The van der Waals surface area contributed by atoms with Crippen molar-refractivity contribution in [3.8, 4) is 5.75 Å². The zero-order chi connectivity index (χ0) is 20.1. The molecule has 1 saturated heterocycles. The van der Waals surface area contributed by atoms with Crippen LogP contribution < -0.4 is 4.74 Å². The molecule has 150 valence electrons. The predicted molar refractivity (Wildman–Crippen MR) is 116 cm³/mol. The molecule has 29 heavy (non-hydrogen) atoms. The van der Waals surface area contributed by atoms with Gasteiger partial charge in [0.1, 0.15) is 11.6 Å². The first kappa shape index (κ1) is 19.7. The Kier molecular flexibility index (Phi) is 6.26. The lowest BCUT2D eigenvalue weighted by molar-refractivity contribution is 0.106. The summed E-state index contributed by atoms with van der Waals surface area (Å²) in [6, 6.07) is 25.9. The van der Waals surface area contributed by atoms with Gasteiger partial charge in [0.25, 0.3) is 0 Å². The van der Waals surface area contributed by atoms with Gasteiger partial charge >= 0.3 is 0 Å². The first-order valence-corrected chi connectivity index (χ1v) is 10.4. The second-order valence-corrected chi connectivity index (χ2v) is 8.05. The van der Waals surface area contributed by atoms with Crippen LogP contribution in [-0.4, -0.2) is 24.6 Å². The Bertz CT molecular complexity index is 892. The van der Waals surface area contributed by atoms with Crippen molar-refractivity contribution in [3.05, 3.63) is 101 Å². The molecule has 0 saturated carbocycles. The third-order valence-corrected chi connectivity index (χ3v) is 5.85. The SMILES string of the molecule is Cc1ccc(OC[C@H]2CN(Cc3ccccc3)CC[C@@H]2c2ccc(F)cc2)cc1. The number of hydrogen-bond donors (Lipinski definition) is 0. The van der Waals surface area contributed by atoms with Crippen molar-refractivity contribution in [2.24, 2.45) is 5.92 Å². The molecule has 0 aromatic heterocycles. The van der Waals surface area contributed by atoms with Gasteiger partial charge in [-0.25, -0.2) is 4.39 Å². The van der Waals surface area contributed by atoms with Crippen LogP contribution in [0.3, 0.4) is 0 Å². The van der Waals surface area contributed by atoms with Gasteiger partial charge in [0.2, 0.25) is 0 Å². The van der Waals surface area contributed by atoms with Gasteiger partial charge in [-0.1, -0.05) is 60.2 Å². The smallest absolute Gasteiger partial charge is 0.123 e. The number of rotatable bonds is 6. The fourth-order valence-electron chi connectivity index (χ4n) is 4.25. The summed E-state index contributed by atoms with van der Waals surface area (Å²) in [5.74, 6) is 1.48. The van der Waals surface area contributed by atoms with Gasteiger partial charge in [0.05, 0.1) is 6.61 Å². The van der Waals surface area contributed by atoms with Crippen molar-refractivity contribution in [1.29, 1.82) is 0 Å². The molecule has 3 heteroatoms. The molecule has 1 aliphatic rings. The molecule has 0 amide bonds. The minimum Gasteiger partial charge on any atom is -0.493 e. The van der Waals surface area contributed by atoms with Crippen LogP contribution in [0.15, 0.2) is 78.9 Å². The van der Waals surface area contributed by atoms with Crippen LogP contribution in [0.1, 0.15) is 29.0 Å². The molecule has 1 aliphatic heterocycles. The summed E-state index contributed by atoms with van der Waals surface area (Å²) in [7, 11) is 0. The van der Waals surface area contributed by atoms with E-state index >= 15 is 0 Å². The van der Waals surface area contributed by atoms with Gasteiger partial charge in [0.15, 0.2) is 0 Å². The first-order chi connectivity index (χ1) is 14.2. The van der Waals surface area contributed by atoms with Crippen molar-refractivity contribution >= 4 is 0 Å². The van der Waals surface area contributed by atoms with Crippen molar-refractivity contribution in [2.75, 3.05) is 19.7 Å². The van der Waals surface area contributed by atoms with Crippen LogP contribution in [-0.2, 0) is 6.54 Å². The Morgan fingerprint density at radius 2 is 1.66 bits per heavy atom. The van der Waals surface area contributed by atoms with Gasteiger partial charge < -0.3 is 4.74 Å². The van der Waals surface area contributed by atoms with E-state index < -0.39 is 0 Å². The van der Waals surface area contributed by atoms with Crippen LogP contribution in [0, 0.1) is 18.7 Å². The molecule has 2 nitrogen and oxygen atoms in total. The van der Waals surface area contributed by atoms with Crippen molar-refractivity contribution in [3.63, 3.8) is 0 Å². The summed E-state index contributed by atoms with van der Waals surface area (Å²) >= 11 is 0. The molecule has 0 spiro atoms. The van der Waals surface area contributed by atoms with E-state index in [0.29, 0.717) is 18.4 Å². The highest BCUT2D eigenvalue weighted by Crippen LogP contribution is 2.34. The number of aryl methyl sites for hydroxylation is 1. The summed E-state index contributed by atoms with van der Waals surface area (Å²) in [5.41, 5.74) is 3.78. The molecule has 1 heterocycles. The molecule has 2 atom stereocenters. The van der Waals surface area contributed by atoms with Crippen molar-refractivity contribution < 1.29 is 9.13 Å². The van der Waals surface area contributed by atoms with Gasteiger partial charge in [-0.05, 0) is 61.2 Å². The quantitative estimate of drug-likeness (QED) is 0.527. The summed E-state index contributed by atoms with van der Waals surface area (Å²) in [6.07, 6.45) is 1.06. The monoisotopic (exact) mass is 389 g/mol. The lowest BCUT2D eigenvalue weighted by Gasteiger charge is -2.39. The van der Waals surface area contributed by atoms with Crippen LogP contribution in [0.2, 0.25) is 0 Å². The van der Waals surface area contributed by atoms with Crippen molar-refractivity contribution in [2.45, 2.75) is 25.8 Å². The molecule has 0 radical (unpaired) electrons. The maximum Gasteiger partial charge on any atom is 0.123 e. The molecule has 0 unspecified atom stereocenters. The van der Waals surface area contributed by atoms with E-state index in [2.05, 4.69) is 54.3 Å². The zero-order valence-corrected chi connectivity index (χ0v) is 16.9. The number of ether oxygens (including phenoxy) is 1. The van der Waals surface area contributed by atoms with E-state index in [1.54, 1.807) is 12.1 Å². The van der Waals surface area contributed by atoms with Crippen LogP contribution in [0.4, 0.5) is 4.39 Å². The fraction of sp³-hybridized carbons (Fsp3) is 0.308. The largest absolute Gasteiger partial charge is 0.493 e. The lowest BCUT2D eigenvalue weighted by atomic mass is 9.80. The summed E-state index contributed by atoms with van der Waals surface area (Å²) < 4.78 is 19.6.